The average Bonchev–Trinajstić information content (AvgIpc) is 2.75. The Kier molecular flexibility index (Phi) is 9.73. The molecule has 2 rings (SSSR count). The molecule has 0 aliphatic carbocycles. The van der Waals surface area contributed by atoms with Gasteiger partial charge >= 0.3 is 0 Å². The van der Waals surface area contributed by atoms with Crippen LogP contribution in [0.4, 0.5) is 0 Å². The van der Waals surface area contributed by atoms with Crippen LogP contribution in [0.2, 0.25) is 0 Å². The van der Waals surface area contributed by atoms with Gasteiger partial charge in [0.2, 0.25) is 15.9 Å². The van der Waals surface area contributed by atoms with E-state index in [1.807, 2.05) is 6.92 Å². The Hall–Kier alpha value is -2.12. The normalized spacial score (nSPS) is 21.1. The van der Waals surface area contributed by atoms with Gasteiger partial charge in [-0.15, -0.1) is 0 Å². The third-order valence-electron chi connectivity index (χ3n) is 5.56. The summed E-state index contributed by atoms with van der Waals surface area (Å²) < 4.78 is 39.5. The second-order valence-corrected chi connectivity index (χ2v) is 10.9. The van der Waals surface area contributed by atoms with Crippen LogP contribution >= 0.6 is 0 Å². The molecule has 1 N–H and O–H groups in total. The highest BCUT2D eigenvalue weighted by Crippen LogP contribution is 2.34. The summed E-state index contributed by atoms with van der Waals surface area (Å²) in [6.07, 6.45) is 0.252. The number of benzene rings is 1. The fourth-order valence-electron chi connectivity index (χ4n) is 3.48. The summed E-state index contributed by atoms with van der Waals surface area (Å²) in [5.41, 5.74) is 0.655. The number of nitrogens with zero attached hydrogens (tertiary/aromatic N) is 2. The fourth-order valence-corrected chi connectivity index (χ4v) is 5.31. The number of carbonyl (C=O) groups is 1. The SMILES string of the molecule is COCC(=O)N(C)C[C@H]1Oc2cc(C#CCC(C)C)ccc2S(=O)(=O)N([C@@H](C)CO)C[C@@H]1C. The standard InChI is InChI=1S/C24H36N2O6S/c1-17(2)8-7-9-20-10-11-23-21(12-20)32-22(14-25(5)24(28)16-31-6)18(3)13-26(19(4)15-27)33(23,29)30/h10-12,17-19,22,27H,8,13-16H2,1-6H3/t18-,19-,22+/m0/s1. The molecule has 8 nitrogen and oxygen atoms in total. The van der Waals surface area contributed by atoms with Gasteiger partial charge in [0, 0.05) is 44.6 Å². The van der Waals surface area contributed by atoms with E-state index in [9.17, 15) is 18.3 Å². The first-order valence-corrected chi connectivity index (χ1v) is 12.6. The number of hydrogen-bond acceptors (Lipinski definition) is 6. The molecule has 33 heavy (non-hydrogen) atoms. The van der Waals surface area contributed by atoms with Crippen LogP contribution in [0.5, 0.6) is 5.75 Å². The molecule has 1 aliphatic rings. The summed E-state index contributed by atoms with van der Waals surface area (Å²) >= 11 is 0. The molecule has 0 radical (unpaired) electrons. The Bertz CT molecular complexity index is 982. The van der Waals surface area contributed by atoms with Crippen molar-refractivity contribution < 1.29 is 27.8 Å². The molecule has 0 bridgehead atoms. The van der Waals surface area contributed by atoms with E-state index in [4.69, 9.17) is 9.47 Å². The first-order chi connectivity index (χ1) is 15.5. The molecule has 1 heterocycles. The smallest absolute Gasteiger partial charge is 0.248 e. The van der Waals surface area contributed by atoms with Crippen LogP contribution in [0.3, 0.4) is 0 Å². The minimum absolute atomic E-state index is 0.0278. The van der Waals surface area contributed by atoms with Gasteiger partial charge in [0.25, 0.3) is 0 Å². The van der Waals surface area contributed by atoms with E-state index in [0.717, 1.165) is 6.42 Å². The molecule has 1 aromatic carbocycles. The molecule has 1 aromatic rings. The van der Waals surface area contributed by atoms with E-state index < -0.39 is 22.2 Å². The van der Waals surface area contributed by atoms with Crippen LogP contribution in [0.1, 0.15) is 39.7 Å². The van der Waals surface area contributed by atoms with E-state index in [2.05, 4.69) is 25.7 Å². The maximum Gasteiger partial charge on any atom is 0.248 e. The number of fused-ring (bicyclic) bond motifs is 1. The lowest BCUT2D eigenvalue weighted by Crippen LogP contribution is -2.50. The average molecular weight is 481 g/mol. The number of methoxy groups -OCH3 is 1. The van der Waals surface area contributed by atoms with Crippen molar-refractivity contribution in [2.24, 2.45) is 11.8 Å². The maximum atomic E-state index is 13.5. The minimum atomic E-state index is -3.91. The predicted octanol–water partition coefficient (Wildman–Crippen LogP) is 1.96. The van der Waals surface area contributed by atoms with Gasteiger partial charge < -0.3 is 19.5 Å². The highest BCUT2D eigenvalue weighted by Gasteiger charge is 2.38. The summed E-state index contributed by atoms with van der Waals surface area (Å²) in [6, 6.07) is 4.21. The molecule has 1 amide bonds. The van der Waals surface area contributed by atoms with Gasteiger partial charge in [-0.1, -0.05) is 32.6 Å². The maximum absolute atomic E-state index is 13.5. The number of hydrogen-bond donors (Lipinski definition) is 1. The Morgan fingerprint density at radius 2 is 2.06 bits per heavy atom. The Morgan fingerprint density at radius 1 is 1.36 bits per heavy atom. The zero-order chi connectivity index (χ0) is 24.8. The van der Waals surface area contributed by atoms with Crippen molar-refractivity contribution in [3.05, 3.63) is 23.8 Å². The number of aliphatic hydroxyl groups is 1. The topological polar surface area (TPSA) is 96.4 Å². The number of carbonyl (C=O) groups excluding carboxylic acids is 1. The summed E-state index contributed by atoms with van der Waals surface area (Å²) in [5, 5.41) is 9.72. The van der Waals surface area contributed by atoms with Crippen LogP contribution in [-0.4, -0.2) is 81.2 Å². The molecule has 9 heteroatoms. The lowest BCUT2D eigenvalue weighted by Gasteiger charge is -2.37. The van der Waals surface area contributed by atoms with Crippen molar-refractivity contribution in [2.45, 2.75) is 51.2 Å². The first-order valence-electron chi connectivity index (χ1n) is 11.2. The molecule has 0 fully saturated rings. The van der Waals surface area contributed by atoms with Crippen molar-refractivity contribution in [3.8, 4) is 17.6 Å². The van der Waals surface area contributed by atoms with Gasteiger partial charge in [-0.05, 0) is 31.0 Å². The Balaban J connectivity index is 2.52. The van der Waals surface area contributed by atoms with Gasteiger partial charge in [-0.2, -0.15) is 4.31 Å². The van der Waals surface area contributed by atoms with E-state index in [0.29, 0.717) is 11.5 Å². The van der Waals surface area contributed by atoms with Crippen LogP contribution < -0.4 is 4.74 Å². The monoisotopic (exact) mass is 480 g/mol. The van der Waals surface area contributed by atoms with Gasteiger partial charge in [-0.25, -0.2) is 8.42 Å². The second kappa shape index (κ2) is 11.8. The first kappa shape index (κ1) is 27.1. The summed E-state index contributed by atoms with van der Waals surface area (Å²) in [7, 11) is -0.796. The lowest BCUT2D eigenvalue weighted by molar-refractivity contribution is -0.135. The van der Waals surface area contributed by atoms with Crippen LogP contribution in [0.15, 0.2) is 23.1 Å². The molecular weight excluding hydrogens is 444 g/mol. The number of aliphatic hydroxyl groups excluding tert-OH is 1. The Morgan fingerprint density at radius 3 is 2.67 bits per heavy atom. The minimum Gasteiger partial charge on any atom is -0.487 e. The molecule has 184 valence electrons. The molecule has 0 unspecified atom stereocenters. The fraction of sp³-hybridized carbons (Fsp3) is 0.625. The van der Waals surface area contributed by atoms with Crippen LogP contribution in [0, 0.1) is 23.7 Å². The van der Waals surface area contributed by atoms with Crippen molar-refractivity contribution in [1.82, 2.24) is 9.21 Å². The third-order valence-corrected chi connectivity index (χ3v) is 7.58. The van der Waals surface area contributed by atoms with E-state index in [1.165, 1.54) is 22.4 Å². The number of amides is 1. The lowest BCUT2D eigenvalue weighted by atomic mass is 10.0. The van der Waals surface area contributed by atoms with Crippen LogP contribution in [-0.2, 0) is 19.6 Å². The summed E-state index contributed by atoms with van der Waals surface area (Å²) in [6.45, 7) is 7.75. The molecule has 0 spiro atoms. The molecule has 1 aliphatic heterocycles. The van der Waals surface area contributed by atoms with E-state index in [1.54, 1.807) is 26.1 Å². The van der Waals surface area contributed by atoms with Crippen molar-refractivity contribution in [3.63, 3.8) is 0 Å². The van der Waals surface area contributed by atoms with Crippen molar-refractivity contribution in [2.75, 3.05) is 40.5 Å². The van der Waals surface area contributed by atoms with Gasteiger partial charge in [-0.3, -0.25) is 4.79 Å². The molecule has 0 aromatic heterocycles. The highest BCUT2D eigenvalue weighted by molar-refractivity contribution is 7.89. The zero-order valence-electron chi connectivity index (χ0n) is 20.4. The van der Waals surface area contributed by atoms with Crippen molar-refractivity contribution in [1.29, 1.82) is 0 Å². The number of likely N-dealkylation sites (N-methyl/N-ethyl adjacent to an activating group) is 1. The quantitative estimate of drug-likeness (QED) is 0.600. The zero-order valence-corrected chi connectivity index (χ0v) is 21.2. The highest BCUT2D eigenvalue weighted by atomic mass is 32.2. The summed E-state index contributed by atoms with van der Waals surface area (Å²) in [4.78, 5) is 13.8. The number of sulfonamides is 1. The van der Waals surface area contributed by atoms with E-state index in [-0.39, 0.29) is 48.8 Å². The number of rotatable bonds is 7. The molecular formula is C24H36N2O6S. The van der Waals surface area contributed by atoms with Crippen molar-refractivity contribution >= 4 is 15.9 Å². The summed E-state index contributed by atoms with van der Waals surface area (Å²) in [5.74, 6) is 6.36. The van der Waals surface area contributed by atoms with E-state index >= 15 is 0 Å². The molecule has 0 saturated carbocycles. The van der Waals surface area contributed by atoms with Crippen LogP contribution in [0.25, 0.3) is 0 Å². The largest absolute Gasteiger partial charge is 0.487 e. The molecule has 0 saturated heterocycles. The van der Waals surface area contributed by atoms with Gasteiger partial charge in [0.05, 0.1) is 13.2 Å². The Labute approximate surface area is 197 Å². The van der Waals surface area contributed by atoms with Gasteiger partial charge in [0.15, 0.2) is 0 Å². The van der Waals surface area contributed by atoms with Gasteiger partial charge in [0.1, 0.15) is 23.4 Å². The third kappa shape index (κ3) is 6.93. The predicted molar refractivity (Wildman–Crippen MR) is 126 cm³/mol. The number of ether oxygens (including phenoxy) is 2. The second-order valence-electron chi connectivity index (χ2n) is 9.01. The molecule has 3 atom stereocenters.